The molecule has 6 heteroatoms. The number of sulfonamides is 1. The van der Waals surface area contributed by atoms with Gasteiger partial charge < -0.3 is 5.32 Å². The van der Waals surface area contributed by atoms with Crippen LogP contribution in [0.25, 0.3) is 0 Å². The molecule has 1 N–H and O–H groups in total. The molecule has 0 heterocycles. The Morgan fingerprint density at radius 2 is 1.47 bits per heavy atom. The Bertz CT molecular complexity index is 1070. The Morgan fingerprint density at radius 1 is 0.867 bits per heavy atom. The van der Waals surface area contributed by atoms with E-state index in [1.54, 1.807) is 42.5 Å². The Labute approximate surface area is 178 Å². The molecule has 30 heavy (non-hydrogen) atoms. The number of benzene rings is 3. The molecule has 156 valence electrons. The Balaban J connectivity index is 1.82. The minimum absolute atomic E-state index is 0.160. The number of anilines is 1. The van der Waals surface area contributed by atoms with Gasteiger partial charge >= 0.3 is 0 Å². The van der Waals surface area contributed by atoms with E-state index in [1.165, 1.54) is 4.31 Å². The molecule has 3 rings (SSSR count). The van der Waals surface area contributed by atoms with Crippen LogP contribution in [0, 0.1) is 0 Å². The second-order valence-corrected chi connectivity index (χ2v) is 8.75. The number of hydrogen-bond donors (Lipinski definition) is 1. The molecule has 3 aromatic rings. The van der Waals surface area contributed by atoms with E-state index in [2.05, 4.69) is 5.32 Å². The lowest BCUT2D eigenvalue weighted by atomic mass is 10.1. The zero-order chi connectivity index (χ0) is 21.4. The van der Waals surface area contributed by atoms with E-state index in [0.29, 0.717) is 25.1 Å². The summed E-state index contributed by atoms with van der Waals surface area (Å²) in [5, 5.41) is 2.85. The lowest BCUT2D eigenvalue weighted by Crippen LogP contribution is -2.41. The summed E-state index contributed by atoms with van der Waals surface area (Å²) in [4.78, 5) is 12.8. The lowest BCUT2D eigenvalue weighted by Gasteiger charge is -2.26. The number of para-hydroxylation sites is 1. The smallest absolute Gasteiger partial charge is 0.264 e. The van der Waals surface area contributed by atoms with Crippen molar-refractivity contribution in [1.29, 1.82) is 0 Å². The summed E-state index contributed by atoms with van der Waals surface area (Å²) in [6.07, 6.45) is 1.34. The topological polar surface area (TPSA) is 66.5 Å². The number of aryl methyl sites for hydroxylation is 1. The van der Waals surface area contributed by atoms with E-state index in [0.717, 1.165) is 11.1 Å². The predicted molar refractivity (Wildman–Crippen MR) is 120 cm³/mol. The maximum absolute atomic E-state index is 13.4. The monoisotopic (exact) mass is 422 g/mol. The molecule has 0 unspecified atom stereocenters. The van der Waals surface area contributed by atoms with Gasteiger partial charge in [-0.1, -0.05) is 73.7 Å². The number of carbonyl (C=O) groups excluding carboxylic acids is 1. The van der Waals surface area contributed by atoms with Crippen molar-refractivity contribution in [1.82, 2.24) is 5.32 Å². The van der Waals surface area contributed by atoms with Crippen LogP contribution in [-0.4, -0.2) is 27.4 Å². The third kappa shape index (κ3) is 5.27. The average Bonchev–Trinajstić information content (AvgIpc) is 2.78. The van der Waals surface area contributed by atoms with E-state index in [-0.39, 0.29) is 17.3 Å². The molecule has 0 aliphatic rings. The molecule has 0 aliphatic carbocycles. The lowest BCUT2D eigenvalue weighted by molar-refractivity contribution is -0.119. The molecule has 0 aromatic heterocycles. The van der Waals surface area contributed by atoms with Gasteiger partial charge in [0.25, 0.3) is 10.0 Å². The summed E-state index contributed by atoms with van der Waals surface area (Å²) in [6.45, 7) is 2.13. The summed E-state index contributed by atoms with van der Waals surface area (Å²) in [6, 6.07) is 25.3. The summed E-state index contributed by atoms with van der Waals surface area (Å²) in [5.41, 5.74) is 2.51. The molecule has 0 saturated carbocycles. The number of rotatable bonds is 9. The molecule has 0 saturated heterocycles. The van der Waals surface area contributed by atoms with Crippen molar-refractivity contribution < 1.29 is 13.2 Å². The first-order valence-electron chi connectivity index (χ1n) is 9.98. The first-order chi connectivity index (χ1) is 14.5. The Kier molecular flexibility index (Phi) is 7.25. The number of amides is 1. The molecule has 3 aromatic carbocycles. The fraction of sp³-hybridized carbons (Fsp3) is 0.208. The Hall–Kier alpha value is -3.12. The van der Waals surface area contributed by atoms with Crippen LogP contribution in [0.15, 0.2) is 89.8 Å². The van der Waals surface area contributed by atoms with Crippen molar-refractivity contribution in [3.8, 4) is 0 Å². The minimum atomic E-state index is -3.89. The molecule has 0 fully saturated rings. The summed E-state index contributed by atoms with van der Waals surface area (Å²) in [5.74, 6) is -0.337. The van der Waals surface area contributed by atoms with Gasteiger partial charge in [-0.3, -0.25) is 9.10 Å². The number of nitrogens with one attached hydrogen (secondary N) is 1. The third-order valence-electron chi connectivity index (χ3n) is 4.84. The van der Waals surface area contributed by atoms with Crippen LogP contribution in [0.2, 0.25) is 0 Å². The second-order valence-electron chi connectivity index (χ2n) is 6.89. The second kappa shape index (κ2) is 10.1. The van der Waals surface area contributed by atoms with Crippen LogP contribution in [0.4, 0.5) is 5.69 Å². The zero-order valence-corrected chi connectivity index (χ0v) is 17.8. The highest BCUT2D eigenvalue weighted by atomic mass is 32.2. The quantitative estimate of drug-likeness (QED) is 0.570. The van der Waals surface area contributed by atoms with Crippen molar-refractivity contribution in [3.63, 3.8) is 0 Å². The van der Waals surface area contributed by atoms with Gasteiger partial charge in [-0.05, 0) is 42.2 Å². The predicted octanol–water partition coefficient (Wildman–Crippen LogP) is 3.80. The fourth-order valence-corrected chi connectivity index (χ4v) is 4.73. The maximum atomic E-state index is 13.4. The Morgan fingerprint density at radius 3 is 2.13 bits per heavy atom. The molecule has 0 aliphatic heterocycles. The van der Waals surface area contributed by atoms with Gasteiger partial charge in [0, 0.05) is 6.54 Å². The highest BCUT2D eigenvalue weighted by Crippen LogP contribution is 2.27. The highest BCUT2D eigenvalue weighted by molar-refractivity contribution is 7.92. The van der Waals surface area contributed by atoms with E-state index in [9.17, 15) is 13.2 Å². The molecular weight excluding hydrogens is 396 g/mol. The van der Waals surface area contributed by atoms with Crippen LogP contribution in [0.5, 0.6) is 0 Å². The van der Waals surface area contributed by atoms with Gasteiger partial charge in [0.1, 0.15) is 6.54 Å². The number of carbonyl (C=O) groups is 1. The fourth-order valence-electron chi connectivity index (χ4n) is 3.25. The minimum Gasteiger partial charge on any atom is -0.354 e. The van der Waals surface area contributed by atoms with Crippen LogP contribution in [0.3, 0.4) is 0 Å². The van der Waals surface area contributed by atoms with Gasteiger partial charge in [-0.15, -0.1) is 0 Å². The largest absolute Gasteiger partial charge is 0.354 e. The standard InChI is InChI=1S/C24H26N2O3S/c1-2-21-13-9-10-16-23(21)26(30(28,29)22-14-7-4-8-15-22)19-24(27)25-18-17-20-11-5-3-6-12-20/h3-16H,2,17-19H2,1H3,(H,25,27). The van der Waals surface area contributed by atoms with E-state index in [1.807, 2.05) is 49.4 Å². The summed E-state index contributed by atoms with van der Waals surface area (Å²) in [7, 11) is -3.89. The average molecular weight is 423 g/mol. The van der Waals surface area contributed by atoms with Crippen LogP contribution < -0.4 is 9.62 Å². The van der Waals surface area contributed by atoms with Crippen LogP contribution >= 0.6 is 0 Å². The van der Waals surface area contributed by atoms with Gasteiger partial charge in [0.15, 0.2) is 0 Å². The molecule has 1 amide bonds. The molecular formula is C24H26N2O3S. The highest BCUT2D eigenvalue weighted by Gasteiger charge is 2.28. The van der Waals surface area contributed by atoms with E-state index < -0.39 is 10.0 Å². The van der Waals surface area contributed by atoms with Crippen molar-refractivity contribution in [2.75, 3.05) is 17.4 Å². The zero-order valence-electron chi connectivity index (χ0n) is 17.0. The number of nitrogens with zero attached hydrogens (tertiary/aromatic N) is 1. The summed E-state index contributed by atoms with van der Waals surface area (Å²) < 4.78 is 28.0. The molecule has 0 radical (unpaired) electrons. The molecule has 0 spiro atoms. The van der Waals surface area contributed by atoms with Crippen LogP contribution in [-0.2, 0) is 27.7 Å². The van der Waals surface area contributed by atoms with E-state index >= 15 is 0 Å². The van der Waals surface area contributed by atoms with E-state index in [4.69, 9.17) is 0 Å². The summed E-state index contributed by atoms with van der Waals surface area (Å²) >= 11 is 0. The van der Waals surface area contributed by atoms with Gasteiger partial charge in [-0.25, -0.2) is 8.42 Å². The first kappa shape index (κ1) is 21.6. The first-order valence-corrected chi connectivity index (χ1v) is 11.4. The van der Waals surface area contributed by atoms with Crippen LogP contribution in [0.1, 0.15) is 18.1 Å². The third-order valence-corrected chi connectivity index (χ3v) is 6.61. The molecule has 0 atom stereocenters. The van der Waals surface area contributed by atoms with Gasteiger partial charge in [-0.2, -0.15) is 0 Å². The van der Waals surface area contributed by atoms with Crippen molar-refractivity contribution >= 4 is 21.6 Å². The number of hydrogen-bond acceptors (Lipinski definition) is 3. The van der Waals surface area contributed by atoms with Crippen molar-refractivity contribution in [2.24, 2.45) is 0 Å². The normalized spacial score (nSPS) is 11.1. The molecule has 0 bridgehead atoms. The maximum Gasteiger partial charge on any atom is 0.264 e. The molecule has 5 nitrogen and oxygen atoms in total. The van der Waals surface area contributed by atoms with Gasteiger partial charge in [0.2, 0.25) is 5.91 Å². The SMILES string of the molecule is CCc1ccccc1N(CC(=O)NCCc1ccccc1)S(=O)(=O)c1ccccc1. The van der Waals surface area contributed by atoms with Crippen molar-refractivity contribution in [3.05, 3.63) is 96.1 Å². The van der Waals surface area contributed by atoms with Crippen molar-refractivity contribution in [2.45, 2.75) is 24.7 Å². The van der Waals surface area contributed by atoms with Gasteiger partial charge in [0.05, 0.1) is 10.6 Å².